The molecule has 1 N–H and O–H groups in total. The van der Waals surface area contributed by atoms with Gasteiger partial charge >= 0.3 is 11.9 Å². The summed E-state index contributed by atoms with van der Waals surface area (Å²) < 4.78 is 5.04. The Kier molecular flexibility index (Phi) is 7.58. The highest BCUT2D eigenvalue weighted by Crippen LogP contribution is 2.24. The van der Waals surface area contributed by atoms with Crippen molar-refractivity contribution in [3.05, 3.63) is 41.0 Å². The molecule has 146 valence electrons. The van der Waals surface area contributed by atoms with Gasteiger partial charge in [-0.3, -0.25) is 9.59 Å². The molecule has 6 nitrogen and oxygen atoms in total. The Hall–Kier alpha value is -2.63. The van der Waals surface area contributed by atoms with E-state index in [-0.39, 0.29) is 30.7 Å². The average Bonchev–Trinajstić information content (AvgIpc) is 2.67. The standard InChI is InChI=1S/C21H27NO5/c1-3-27-19(23)14-22(18-7-5-4-6-8-18)20(24)15(2)13-16-9-11-17(12-10-16)21(25)26/h9-13,18H,3-8,14H2,1-2H3,(H,25,26)/b15-13+. The summed E-state index contributed by atoms with van der Waals surface area (Å²) in [6.07, 6.45) is 6.77. The molecule has 1 fully saturated rings. The van der Waals surface area contributed by atoms with Gasteiger partial charge in [0.25, 0.3) is 0 Å². The van der Waals surface area contributed by atoms with Crippen molar-refractivity contribution in [1.82, 2.24) is 4.90 Å². The third kappa shape index (κ3) is 5.94. The summed E-state index contributed by atoms with van der Waals surface area (Å²) in [7, 11) is 0. The van der Waals surface area contributed by atoms with Crippen LogP contribution in [0.3, 0.4) is 0 Å². The van der Waals surface area contributed by atoms with Crippen LogP contribution in [-0.2, 0) is 14.3 Å². The molecule has 2 rings (SSSR count). The molecule has 0 aromatic heterocycles. The number of esters is 1. The second-order valence-corrected chi connectivity index (χ2v) is 6.78. The highest BCUT2D eigenvalue weighted by Gasteiger charge is 2.28. The minimum Gasteiger partial charge on any atom is -0.478 e. The number of ether oxygens (including phenoxy) is 1. The first-order valence-corrected chi connectivity index (χ1v) is 9.40. The highest BCUT2D eigenvalue weighted by atomic mass is 16.5. The van der Waals surface area contributed by atoms with Crippen molar-refractivity contribution in [2.45, 2.75) is 52.0 Å². The van der Waals surface area contributed by atoms with Crippen LogP contribution in [0.4, 0.5) is 0 Å². The Morgan fingerprint density at radius 2 is 1.78 bits per heavy atom. The summed E-state index contributed by atoms with van der Waals surface area (Å²) in [5, 5.41) is 8.97. The van der Waals surface area contributed by atoms with E-state index in [0.717, 1.165) is 37.7 Å². The fraction of sp³-hybridized carbons (Fsp3) is 0.476. The molecule has 0 heterocycles. The summed E-state index contributed by atoms with van der Waals surface area (Å²) in [5.74, 6) is -1.57. The molecule has 0 saturated heterocycles. The molecule has 0 unspecified atom stereocenters. The third-order valence-electron chi connectivity index (χ3n) is 4.76. The lowest BCUT2D eigenvalue weighted by molar-refractivity contribution is -0.149. The Morgan fingerprint density at radius 1 is 1.15 bits per heavy atom. The predicted molar refractivity (Wildman–Crippen MR) is 102 cm³/mol. The van der Waals surface area contributed by atoms with E-state index in [0.29, 0.717) is 5.57 Å². The van der Waals surface area contributed by atoms with Crippen molar-refractivity contribution in [2.75, 3.05) is 13.2 Å². The lowest BCUT2D eigenvalue weighted by atomic mass is 9.93. The molecule has 1 aromatic carbocycles. The van der Waals surface area contributed by atoms with Gasteiger partial charge in [0.15, 0.2) is 0 Å². The van der Waals surface area contributed by atoms with Crippen molar-refractivity contribution in [1.29, 1.82) is 0 Å². The quantitative estimate of drug-likeness (QED) is 0.584. The number of carboxylic acid groups (broad SMARTS) is 1. The molecule has 6 heteroatoms. The smallest absolute Gasteiger partial charge is 0.335 e. The van der Waals surface area contributed by atoms with Crippen molar-refractivity contribution in [3.63, 3.8) is 0 Å². The maximum absolute atomic E-state index is 13.0. The molecule has 1 aliphatic rings. The van der Waals surface area contributed by atoms with Crippen molar-refractivity contribution < 1.29 is 24.2 Å². The van der Waals surface area contributed by atoms with E-state index >= 15 is 0 Å². The lowest BCUT2D eigenvalue weighted by Gasteiger charge is -2.34. The third-order valence-corrected chi connectivity index (χ3v) is 4.76. The zero-order valence-electron chi connectivity index (χ0n) is 15.9. The number of rotatable bonds is 7. The Balaban J connectivity index is 2.18. The van der Waals surface area contributed by atoms with Gasteiger partial charge in [0.2, 0.25) is 5.91 Å². The predicted octanol–water partition coefficient (Wildman–Crippen LogP) is 3.51. The van der Waals surface area contributed by atoms with Crippen LogP contribution in [-0.4, -0.2) is 47.0 Å². The van der Waals surface area contributed by atoms with Gasteiger partial charge in [0.05, 0.1) is 12.2 Å². The second kappa shape index (κ2) is 9.90. The van der Waals surface area contributed by atoms with E-state index < -0.39 is 11.9 Å². The van der Waals surface area contributed by atoms with Crippen LogP contribution in [0.15, 0.2) is 29.8 Å². The zero-order chi connectivity index (χ0) is 19.8. The van der Waals surface area contributed by atoms with Gasteiger partial charge in [-0.2, -0.15) is 0 Å². The van der Waals surface area contributed by atoms with Crippen molar-refractivity contribution >= 4 is 23.9 Å². The fourth-order valence-electron chi connectivity index (χ4n) is 3.37. The van der Waals surface area contributed by atoms with Crippen LogP contribution < -0.4 is 0 Å². The fourth-order valence-corrected chi connectivity index (χ4v) is 3.37. The Morgan fingerprint density at radius 3 is 2.33 bits per heavy atom. The molecular formula is C21H27NO5. The number of carbonyl (C=O) groups excluding carboxylic acids is 2. The topological polar surface area (TPSA) is 83.9 Å². The molecule has 27 heavy (non-hydrogen) atoms. The number of aromatic carboxylic acids is 1. The number of hydrogen-bond acceptors (Lipinski definition) is 4. The summed E-state index contributed by atoms with van der Waals surface area (Å²) in [4.78, 5) is 37.6. The number of nitrogens with zero attached hydrogens (tertiary/aromatic N) is 1. The molecule has 1 aromatic rings. The van der Waals surface area contributed by atoms with E-state index in [1.54, 1.807) is 37.0 Å². The van der Waals surface area contributed by atoms with Crippen LogP contribution in [0.1, 0.15) is 61.9 Å². The minimum absolute atomic E-state index is 0.0412. The molecule has 1 amide bonds. The maximum Gasteiger partial charge on any atom is 0.335 e. The normalized spacial score (nSPS) is 15.3. The molecule has 0 bridgehead atoms. The van der Waals surface area contributed by atoms with Gasteiger partial charge in [-0.1, -0.05) is 31.4 Å². The molecular weight excluding hydrogens is 346 g/mol. The van der Waals surface area contributed by atoms with E-state index in [4.69, 9.17) is 9.84 Å². The van der Waals surface area contributed by atoms with E-state index in [1.807, 2.05) is 0 Å². The van der Waals surface area contributed by atoms with Crippen LogP contribution in [0.2, 0.25) is 0 Å². The van der Waals surface area contributed by atoms with Crippen molar-refractivity contribution in [2.24, 2.45) is 0 Å². The van der Waals surface area contributed by atoms with Crippen LogP contribution in [0.5, 0.6) is 0 Å². The Labute approximate surface area is 159 Å². The first kappa shape index (κ1) is 20.7. The monoisotopic (exact) mass is 373 g/mol. The van der Waals surface area contributed by atoms with Gasteiger partial charge < -0.3 is 14.7 Å². The van der Waals surface area contributed by atoms with Gasteiger partial charge in [-0.05, 0) is 50.5 Å². The number of carboxylic acids is 1. The summed E-state index contributed by atoms with van der Waals surface area (Å²) in [6, 6.07) is 6.38. The maximum atomic E-state index is 13.0. The average molecular weight is 373 g/mol. The van der Waals surface area contributed by atoms with Gasteiger partial charge in [-0.25, -0.2) is 4.79 Å². The number of amides is 1. The summed E-state index contributed by atoms with van der Waals surface area (Å²) >= 11 is 0. The van der Waals surface area contributed by atoms with Gasteiger partial charge in [0, 0.05) is 11.6 Å². The van der Waals surface area contributed by atoms with Crippen molar-refractivity contribution in [3.8, 4) is 0 Å². The van der Waals surface area contributed by atoms with E-state index in [9.17, 15) is 14.4 Å². The van der Waals surface area contributed by atoms with Crippen LogP contribution in [0, 0.1) is 0 Å². The molecule has 0 spiro atoms. The summed E-state index contributed by atoms with van der Waals surface area (Å²) in [6.45, 7) is 3.71. The first-order chi connectivity index (χ1) is 12.9. The summed E-state index contributed by atoms with van der Waals surface area (Å²) in [5.41, 5.74) is 1.45. The molecule has 1 aliphatic carbocycles. The lowest BCUT2D eigenvalue weighted by Crippen LogP contribution is -2.45. The number of hydrogen-bond donors (Lipinski definition) is 1. The second-order valence-electron chi connectivity index (χ2n) is 6.78. The molecule has 1 saturated carbocycles. The van der Waals surface area contributed by atoms with Gasteiger partial charge in [0.1, 0.15) is 6.54 Å². The number of benzene rings is 1. The van der Waals surface area contributed by atoms with Crippen LogP contribution in [0.25, 0.3) is 6.08 Å². The number of carbonyl (C=O) groups is 3. The zero-order valence-corrected chi connectivity index (χ0v) is 15.9. The minimum atomic E-state index is -0.990. The largest absolute Gasteiger partial charge is 0.478 e. The van der Waals surface area contributed by atoms with E-state index in [2.05, 4.69) is 0 Å². The Bertz CT molecular complexity index is 702. The first-order valence-electron chi connectivity index (χ1n) is 9.40. The molecule has 0 atom stereocenters. The van der Waals surface area contributed by atoms with E-state index in [1.165, 1.54) is 12.1 Å². The van der Waals surface area contributed by atoms with Crippen LogP contribution >= 0.6 is 0 Å². The molecule has 0 radical (unpaired) electrons. The SMILES string of the molecule is CCOC(=O)CN(C(=O)/C(C)=C/c1ccc(C(=O)O)cc1)C1CCCCC1. The highest BCUT2D eigenvalue weighted by molar-refractivity contribution is 5.99. The van der Waals surface area contributed by atoms with Gasteiger partial charge in [-0.15, -0.1) is 0 Å². The molecule has 0 aliphatic heterocycles.